The third kappa shape index (κ3) is 4.90. The van der Waals surface area contributed by atoms with Crippen LogP contribution >= 0.6 is 0 Å². The minimum Gasteiger partial charge on any atom is -0.481 e. The Labute approximate surface area is 151 Å². The molecule has 0 spiro atoms. The van der Waals surface area contributed by atoms with Gasteiger partial charge in [0.05, 0.1) is 5.41 Å². The highest BCUT2D eigenvalue weighted by Crippen LogP contribution is 2.42. The van der Waals surface area contributed by atoms with E-state index < -0.39 is 17.7 Å². The lowest BCUT2D eigenvalue weighted by atomic mass is 9.67. The number of aryl methyl sites for hydroxylation is 1. The molecule has 0 aromatic heterocycles. The number of carbonyl (C=O) groups is 1. The molecule has 6 heteroatoms. The Morgan fingerprint density at radius 3 is 2.65 bits per heavy atom. The second-order valence-corrected chi connectivity index (χ2v) is 6.49. The second-order valence-electron chi connectivity index (χ2n) is 6.49. The molecular weight excluding hydrogens is 345 g/mol. The summed E-state index contributed by atoms with van der Waals surface area (Å²) in [6.45, 7) is 2.00. The molecule has 142 valence electrons. The molecule has 1 aliphatic rings. The average molecular weight is 368 g/mol. The monoisotopic (exact) mass is 368 g/mol. The van der Waals surface area contributed by atoms with Gasteiger partial charge in [-0.15, -0.1) is 13.2 Å². The summed E-state index contributed by atoms with van der Waals surface area (Å²) in [4.78, 5) is 12.0. The highest BCUT2D eigenvalue weighted by molar-refractivity contribution is 5.78. The number of halogens is 3. The van der Waals surface area contributed by atoms with Crippen molar-refractivity contribution in [3.05, 3.63) is 54.1 Å². The van der Waals surface area contributed by atoms with Crippen molar-refractivity contribution < 1.29 is 27.8 Å². The maximum atomic E-state index is 12.6. The number of allylic oxidation sites excluding steroid dienone is 3. The predicted octanol–water partition coefficient (Wildman–Crippen LogP) is 5.52. The fourth-order valence-electron chi connectivity index (χ4n) is 3.40. The zero-order valence-corrected chi connectivity index (χ0v) is 14.6. The van der Waals surface area contributed by atoms with Crippen molar-refractivity contribution in [2.75, 3.05) is 0 Å². The summed E-state index contributed by atoms with van der Waals surface area (Å²) in [5.74, 6) is -1.41. The van der Waals surface area contributed by atoms with Crippen molar-refractivity contribution >= 4 is 5.97 Å². The molecule has 1 N–H and O–H groups in total. The van der Waals surface area contributed by atoms with Crippen LogP contribution in [-0.4, -0.2) is 17.4 Å². The number of rotatable bonds is 8. The van der Waals surface area contributed by atoms with Gasteiger partial charge in [0.25, 0.3) is 0 Å². The Morgan fingerprint density at radius 2 is 2.00 bits per heavy atom. The molecular formula is C20H23F3O3. The van der Waals surface area contributed by atoms with E-state index in [2.05, 4.69) is 4.74 Å². The molecule has 3 nitrogen and oxygen atoms in total. The van der Waals surface area contributed by atoms with Crippen LogP contribution in [0.1, 0.15) is 38.2 Å². The first kappa shape index (κ1) is 20.1. The molecule has 0 fully saturated rings. The zero-order chi connectivity index (χ0) is 19.2. The van der Waals surface area contributed by atoms with Crippen LogP contribution in [0.2, 0.25) is 0 Å². The van der Waals surface area contributed by atoms with E-state index in [0.717, 1.165) is 12.8 Å². The fraction of sp³-hybridized carbons (Fsp3) is 0.450. The maximum absolute atomic E-state index is 12.6. The molecule has 1 aromatic carbocycles. The Hall–Kier alpha value is -2.24. The predicted molar refractivity (Wildman–Crippen MR) is 92.8 cm³/mol. The third-order valence-corrected chi connectivity index (χ3v) is 4.77. The molecule has 2 atom stereocenters. The molecule has 26 heavy (non-hydrogen) atoms. The van der Waals surface area contributed by atoms with E-state index in [1.807, 2.05) is 13.0 Å². The lowest BCUT2D eigenvalue weighted by Crippen LogP contribution is -2.37. The summed E-state index contributed by atoms with van der Waals surface area (Å²) in [6.07, 6.45) is 5.23. The van der Waals surface area contributed by atoms with Crippen LogP contribution in [0.5, 0.6) is 5.75 Å². The van der Waals surface area contributed by atoms with Gasteiger partial charge in [-0.2, -0.15) is 0 Å². The van der Waals surface area contributed by atoms with Gasteiger partial charge < -0.3 is 9.84 Å². The highest BCUT2D eigenvalue weighted by atomic mass is 19.4. The van der Waals surface area contributed by atoms with Crippen molar-refractivity contribution in [1.29, 1.82) is 0 Å². The summed E-state index contributed by atoms with van der Waals surface area (Å²) in [5, 5.41) is 9.83. The lowest BCUT2D eigenvalue weighted by Gasteiger charge is -2.35. The van der Waals surface area contributed by atoms with Gasteiger partial charge in [-0.1, -0.05) is 62.3 Å². The van der Waals surface area contributed by atoms with Gasteiger partial charge in [0.1, 0.15) is 5.75 Å². The Kier molecular flexibility index (Phi) is 6.51. The Morgan fingerprint density at radius 1 is 1.27 bits per heavy atom. The first-order chi connectivity index (χ1) is 12.3. The van der Waals surface area contributed by atoms with Crippen molar-refractivity contribution in [3.8, 4) is 5.75 Å². The smallest absolute Gasteiger partial charge is 0.481 e. The summed E-state index contributed by atoms with van der Waals surface area (Å²) in [7, 11) is 0. The molecule has 1 aromatic rings. The minimum atomic E-state index is -4.75. The molecule has 0 bridgehead atoms. The van der Waals surface area contributed by atoms with Gasteiger partial charge in [-0.3, -0.25) is 4.79 Å². The molecule has 0 heterocycles. The molecule has 0 amide bonds. The van der Waals surface area contributed by atoms with Gasteiger partial charge in [-0.05, 0) is 36.8 Å². The number of hydrogen-bond donors (Lipinski definition) is 1. The first-order valence-corrected chi connectivity index (χ1v) is 8.71. The summed E-state index contributed by atoms with van der Waals surface area (Å²) in [5.41, 5.74) is -0.590. The zero-order valence-electron chi connectivity index (χ0n) is 14.6. The fourth-order valence-corrected chi connectivity index (χ4v) is 3.40. The van der Waals surface area contributed by atoms with Gasteiger partial charge in [0.15, 0.2) is 0 Å². The average Bonchev–Trinajstić information content (AvgIpc) is 2.58. The molecule has 2 unspecified atom stereocenters. The quantitative estimate of drug-likeness (QED) is 0.657. The van der Waals surface area contributed by atoms with E-state index in [1.165, 1.54) is 12.1 Å². The van der Waals surface area contributed by atoms with Crippen molar-refractivity contribution in [2.24, 2.45) is 11.3 Å². The normalized spacial score (nSPS) is 22.4. The van der Waals surface area contributed by atoms with Gasteiger partial charge >= 0.3 is 12.3 Å². The number of carboxylic acids is 1. The van der Waals surface area contributed by atoms with Crippen molar-refractivity contribution in [1.82, 2.24) is 0 Å². The number of unbranched alkanes of at least 4 members (excludes halogenated alkanes) is 1. The van der Waals surface area contributed by atoms with Gasteiger partial charge in [-0.25, -0.2) is 0 Å². The van der Waals surface area contributed by atoms with E-state index in [1.54, 1.807) is 30.4 Å². The molecule has 2 rings (SSSR count). The number of hydrogen-bond acceptors (Lipinski definition) is 2. The summed E-state index contributed by atoms with van der Waals surface area (Å²) < 4.78 is 41.8. The lowest BCUT2D eigenvalue weighted by molar-refractivity contribution is -0.274. The van der Waals surface area contributed by atoms with Crippen molar-refractivity contribution in [3.63, 3.8) is 0 Å². The van der Waals surface area contributed by atoms with E-state index in [4.69, 9.17) is 0 Å². The third-order valence-electron chi connectivity index (χ3n) is 4.77. The van der Waals surface area contributed by atoms with Crippen LogP contribution < -0.4 is 4.74 Å². The van der Waals surface area contributed by atoms with Gasteiger partial charge in [0.2, 0.25) is 0 Å². The molecule has 0 aliphatic heterocycles. The second kappa shape index (κ2) is 8.43. The SMILES string of the molecule is CCCCC1(C(=O)O)C=CC=CC1CCc1ccccc1OC(F)(F)F. The summed E-state index contributed by atoms with van der Waals surface area (Å²) >= 11 is 0. The summed E-state index contributed by atoms with van der Waals surface area (Å²) in [6, 6.07) is 5.99. The Bertz CT molecular complexity index is 679. The number of alkyl halides is 3. The number of benzene rings is 1. The van der Waals surface area contributed by atoms with E-state index in [0.29, 0.717) is 24.8 Å². The van der Waals surface area contributed by atoms with E-state index in [-0.39, 0.29) is 11.7 Å². The first-order valence-electron chi connectivity index (χ1n) is 8.71. The van der Waals surface area contributed by atoms with Crippen molar-refractivity contribution in [2.45, 2.75) is 45.4 Å². The van der Waals surface area contributed by atoms with Crippen LogP contribution in [0.25, 0.3) is 0 Å². The standard InChI is InChI=1S/C20H23F3O3/c1-2-3-13-19(18(24)25)14-7-6-9-16(19)12-11-15-8-4-5-10-17(15)26-20(21,22)23/h4-10,14,16H,2-3,11-13H2,1H3,(H,24,25). The number of ether oxygens (including phenoxy) is 1. The number of aliphatic carboxylic acids is 1. The largest absolute Gasteiger partial charge is 0.573 e. The molecule has 0 saturated carbocycles. The van der Waals surface area contributed by atoms with Crippen LogP contribution in [0.3, 0.4) is 0 Å². The highest BCUT2D eigenvalue weighted by Gasteiger charge is 2.42. The molecule has 1 aliphatic carbocycles. The van der Waals surface area contributed by atoms with E-state index >= 15 is 0 Å². The number of carboxylic acid groups (broad SMARTS) is 1. The van der Waals surface area contributed by atoms with Crippen LogP contribution in [0.4, 0.5) is 13.2 Å². The van der Waals surface area contributed by atoms with Gasteiger partial charge in [0, 0.05) is 0 Å². The topological polar surface area (TPSA) is 46.5 Å². The van der Waals surface area contributed by atoms with Crippen LogP contribution in [0, 0.1) is 11.3 Å². The maximum Gasteiger partial charge on any atom is 0.573 e. The molecule has 0 saturated heterocycles. The van der Waals surface area contributed by atoms with E-state index in [9.17, 15) is 23.1 Å². The molecule has 0 radical (unpaired) electrons. The Balaban J connectivity index is 2.18. The van der Waals surface area contributed by atoms with Crippen LogP contribution in [-0.2, 0) is 11.2 Å². The number of para-hydroxylation sites is 1. The van der Waals surface area contributed by atoms with Crippen LogP contribution in [0.15, 0.2) is 48.6 Å². The minimum absolute atomic E-state index is 0.232.